The highest BCUT2D eigenvalue weighted by Gasteiger charge is 2.25. The smallest absolute Gasteiger partial charge is 0.244 e. The summed E-state index contributed by atoms with van der Waals surface area (Å²) in [6.07, 6.45) is 4.07. The van der Waals surface area contributed by atoms with Gasteiger partial charge >= 0.3 is 0 Å². The lowest BCUT2D eigenvalue weighted by atomic mass is 9.88. The number of nitrogens with zero attached hydrogens (tertiary/aromatic N) is 1. The zero-order chi connectivity index (χ0) is 16.8. The highest BCUT2D eigenvalue weighted by molar-refractivity contribution is 5.97. The van der Waals surface area contributed by atoms with Gasteiger partial charge in [-0.2, -0.15) is 0 Å². The lowest BCUT2D eigenvalue weighted by molar-refractivity contribution is -0.115. The molecule has 3 heteroatoms. The van der Waals surface area contributed by atoms with Gasteiger partial charge in [-0.3, -0.25) is 9.69 Å². The van der Waals surface area contributed by atoms with Gasteiger partial charge in [0.05, 0.1) is 0 Å². The number of hydrogen-bond donors (Lipinski definition) is 1. The van der Waals surface area contributed by atoms with Crippen molar-refractivity contribution in [1.82, 2.24) is 4.90 Å². The van der Waals surface area contributed by atoms with Gasteiger partial charge in [0.15, 0.2) is 0 Å². The quantitative estimate of drug-likeness (QED) is 0.858. The van der Waals surface area contributed by atoms with Crippen LogP contribution in [-0.4, -0.2) is 23.9 Å². The van der Waals surface area contributed by atoms with Crippen LogP contribution in [0.2, 0.25) is 0 Å². The Balaban J connectivity index is 1.74. The number of amides is 1. The number of hydrogen-bond acceptors (Lipinski definition) is 2. The van der Waals surface area contributed by atoms with Gasteiger partial charge in [-0.15, -0.1) is 0 Å². The molecule has 3 nitrogen and oxygen atoms in total. The molecule has 1 heterocycles. The number of carbonyl (C=O) groups excluding carboxylic acids is 1. The van der Waals surface area contributed by atoms with E-state index < -0.39 is 0 Å². The van der Waals surface area contributed by atoms with Crippen LogP contribution in [0.4, 0.5) is 0 Å². The van der Waals surface area contributed by atoms with E-state index in [1.54, 1.807) is 0 Å². The molecule has 2 aromatic rings. The standard InChI is InChI=1S/C21H24N2O/c22-21(24)20(14-17-8-3-1-4-9-17)19-12-7-13-23(16-19)15-18-10-5-2-6-11-18/h1-6,8-11,14,19H,7,12-13,15-16H2,(H2,22,24). The number of carbonyl (C=O) groups is 1. The fourth-order valence-electron chi connectivity index (χ4n) is 3.41. The molecule has 1 atom stereocenters. The minimum absolute atomic E-state index is 0.208. The van der Waals surface area contributed by atoms with E-state index in [0.29, 0.717) is 0 Å². The summed E-state index contributed by atoms with van der Waals surface area (Å²) in [5.41, 5.74) is 8.78. The maximum Gasteiger partial charge on any atom is 0.244 e. The van der Waals surface area contributed by atoms with Gasteiger partial charge in [0.25, 0.3) is 0 Å². The fraction of sp³-hybridized carbons (Fsp3) is 0.286. The Hall–Kier alpha value is -2.39. The fourth-order valence-corrected chi connectivity index (χ4v) is 3.41. The van der Waals surface area contributed by atoms with Gasteiger partial charge in [0.1, 0.15) is 0 Å². The van der Waals surface area contributed by atoms with Gasteiger partial charge in [0.2, 0.25) is 5.91 Å². The third-order valence-corrected chi connectivity index (χ3v) is 4.60. The van der Waals surface area contributed by atoms with E-state index in [-0.39, 0.29) is 11.8 Å². The Bertz CT molecular complexity index is 694. The molecule has 1 fully saturated rings. The summed E-state index contributed by atoms with van der Waals surface area (Å²) in [7, 11) is 0. The molecule has 3 rings (SSSR count). The summed E-state index contributed by atoms with van der Waals surface area (Å²) >= 11 is 0. The van der Waals surface area contributed by atoms with E-state index in [1.807, 2.05) is 42.5 Å². The molecular weight excluding hydrogens is 296 g/mol. The number of likely N-dealkylation sites (tertiary alicyclic amines) is 1. The first-order valence-corrected chi connectivity index (χ1v) is 8.55. The van der Waals surface area contributed by atoms with E-state index in [9.17, 15) is 4.79 Å². The van der Waals surface area contributed by atoms with Crippen LogP contribution in [0.1, 0.15) is 24.0 Å². The Morgan fingerprint density at radius 2 is 1.75 bits per heavy atom. The molecule has 0 aromatic heterocycles. The first kappa shape index (κ1) is 16.5. The molecule has 0 spiro atoms. The van der Waals surface area contributed by atoms with Crippen LogP contribution < -0.4 is 5.73 Å². The van der Waals surface area contributed by atoms with Gasteiger partial charge in [-0.25, -0.2) is 0 Å². The second-order valence-electron chi connectivity index (χ2n) is 6.43. The van der Waals surface area contributed by atoms with Gasteiger partial charge in [-0.05, 0) is 36.6 Å². The van der Waals surface area contributed by atoms with Crippen LogP contribution in [0.5, 0.6) is 0 Å². The van der Waals surface area contributed by atoms with E-state index in [2.05, 4.69) is 29.2 Å². The normalized spacial score (nSPS) is 19.2. The first-order valence-electron chi connectivity index (χ1n) is 8.55. The summed E-state index contributed by atoms with van der Waals surface area (Å²) < 4.78 is 0. The van der Waals surface area contributed by atoms with Crippen molar-refractivity contribution >= 4 is 12.0 Å². The molecule has 1 amide bonds. The van der Waals surface area contributed by atoms with Crippen LogP contribution in [0.3, 0.4) is 0 Å². The summed E-state index contributed by atoms with van der Waals surface area (Å²) in [6.45, 7) is 2.88. The van der Waals surface area contributed by atoms with E-state index in [4.69, 9.17) is 5.73 Å². The number of piperidine rings is 1. The Morgan fingerprint density at radius 1 is 1.08 bits per heavy atom. The molecule has 0 aliphatic carbocycles. The monoisotopic (exact) mass is 320 g/mol. The zero-order valence-electron chi connectivity index (χ0n) is 13.9. The SMILES string of the molecule is NC(=O)C(=Cc1ccccc1)C1CCCN(Cc2ccccc2)C1. The largest absolute Gasteiger partial charge is 0.366 e. The molecule has 0 saturated carbocycles. The lowest BCUT2D eigenvalue weighted by Gasteiger charge is -2.33. The second kappa shape index (κ2) is 7.93. The van der Waals surface area contributed by atoms with Crippen molar-refractivity contribution in [2.45, 2.75) is 19.4 Å². The Kier molecular flexibility index (Phi) is 5.44. The van der Waals surface area contributed by atoms with Gasteiger partial charge in [0, 0.05) is 24.6 Å². The number of rotatable bonds is 5. The maximum absolute atomic E-state index is 12.0. The van der Waals surface area contributed by atoms with Crippen LogP contribution >= 0.6 is 0 Å². The Morgan fingerprint density at radius 3 is 2.42 bits per heavy atom. The molecule has 1 saturated heterocycles. The summed E-state index contributed by atoms with van der Waals surface area (Å²) in [5, 5.41) is 0. The molecule has 0 bridgehead atoms. The van der Waals surface area contributed by atoms with E-state index in [0.717, 1.165) is 43.6 Å². The second-order valence-corrected chi connectivity index (χ2v) is 6.43. The molecule has 2 N–H and O–H groups in total. The molecular formula is C21H24N2O. The van der Waals surface area contributed by atoms with E-state index in [1.165, 1.54) is 5.56 Å². The average molecular weight is 320 g/mol. The molecule has 0 radical (unpaired) electrons. The van der Waals surface area contributed by atoms with Crippen molar-refractivity contribution in [3.63, 3.8) is 0 Å². The molecule has 1 aliphatic rings. The summed E-state index contributed by atoms with van der Waals surface area (Å²) in [4.78, 5) is 14.4. The minimum Gasteiger partial charge on any atom is -0.366 e. The predicted octanol–water partition coefficient (Wildman–Crippen LogP) is 3.47. The van der Waals surface area contributed by atoms with Crippen molar-refractivity contribution in [2.24, 2.45) is 11.7 Å². The number of nitrogens with two attached hydrogens (primary N) is 1. The van der Waals surface area contributed by atoms with Crippen molar-refractivity contribution in [3.05, 3.63) is 77.4 Å². The molecule has 124 valence electrons. The number of primary amides is 1. The van der Waals surface area contributed by atoms with Crippen molar-refractivity contribution in [2.75, 3.05) is 13.1 Å². The topological polar surface area (TPSA) is 46.3 Å². The summed E-state index contributed by atoms with van der Waals surface area (Å²) in [6, 6.07) is 20.4. The lowest BCUT2D eigenvalue weighted by Crippen LogP contribution is -2.37. The van der Waals surface area contributed by atoms with Crippen LogP contribution in [0.25, 0.3) is 6.08 Å². The number of benzene rings is 2. The zero-order valence-corrected chi connectivity index (χ0v) is 13.9. The van der Waals surface area contributed by atoms with Crippen LogP contribution in [0, 0.1) is 5.92 Å². The average Bonchev–Trinajstić information content (AvgIpc) is 2.61. The Labute approximate surface area is 143 Å². The maximum atomic E-state index is 12.0. The van der Waals surface area contributed by atoms with Crippen LogP contribution in [0.15, 0.2) is 66.2 Å². The molecule has 1 unspecified atom stereocenters. The highest BCUT2D eigenvalue weighted by atomic mass is 16.1. The molecule has 24 heavy (non-hydrogen) atoms. The van der Waals surface area contributed by atoms with Crippen LogP contribution in [-0.2, 0) is 11.3 Å². The first-order chi connectivity index (χ1) is 11.7. The summed E-state index contributed by atoms with van der Waals surface area (Å²) in [5.74, 6) is -0.0921. The highest BCUT2D eigenvalue weighted by Crippen LogP contribution is 2.26. The van der Waals surface area contributed by atoms with Gasteiger partial charge in [-0.1, -0.05) is 60.7 Å². The predicted molar refractivity (Wildman–Crippen MR) is 98.1 cm³/mol. The molecule has 1 aliphatic heterocycles. The molecule has 2 aromatic carbocycles. The van der Waals surface area contributed by atoms with Crippen molar-refractivity contribution in [3.8, 4) is 0 Å². The minimum atomic E-state index is -0.301. The van der Waals surface area contributed by atoms with Crippen molar-refractivity contribution < 1.29 is 4.79 Å². The third kappa shape index (κ3) is 4.33. The van der Waals surface area contributed by atoms with Crippen molar-refractivity contribution in [1.29, 1.82) is 0 Å². The third-order valence-electron chi connectivity index (χ3n) is 4.60. The van der Waals surface area contributed by atoms with Gasteiger partial charge < -0.3 is 5.73 Å². The van der Waals surface area contributed by atoms with E-state index >= 15 is 0 Å².